The van der Waals surface area contributed by atoms with E-state index in [1.165, 1.54) is 18.4 Å². The first-order valence-corrected chi connectivity index (χ1v) is 5.88. The first kappa shape index (κ1) is 14.4. The van der Waals surface area contributed by atoms with Crippen LogP contribution in [0.3, 0.4) is 0 Å². The SMILES string of the molecule is O=C(O)[C@@H]1C[C@H]1C(=O)N(Cc1ccco1)CC(F)(F)F. The van der Waals surface area contributed by atoms with Crippen LogP contribution in [0.5, 0.6) is 0 Å². The standard InChI is InChI=1S/C12H12F3NO4/c13-12(14,15)6-16(5-7-2-1-3-20-7)10(17)8-4-9(8)11(18)19/h1-3,8-9H,4-6H2,(H,18,19)/t8-,9-/m1/s1. The fourth-order valence-electron chi connectivity index (χ4n) is 1.99. The summed E-state index contributed by atoms with van der Waals surface area (Å²) in [5, 5.41) is 8.73. The maximum atomic E-state index is 12.5. The number of carboxylic acid groups (broad SMARTS) is 1. The van der Waals surface area contributed by atoms with Crippen molar-refractivity contribution in [3.05, 3.63) is 24.2 Å². The zero-order valence-corrected chi connectivity index (χ0v) is 10.3. The number of halogens is 3. The second-order valence-corrected chi connectivity index (χ2v) is 4.68. The minimum atomic E-state index is -4.55. The van der Waals surface area contributed by atoms with E-state index in [0.29, 0.717) is 4.90 Å². The van der Waals surface area contributed by atoms with E-state index in [1.54, 1.807) is 0 Å². The normalized spacial score (nSPS) is 21.6. The second kappa shape index (κ2) is 5.18. The fourth-order valence-corrected chi connectivity index (χ4v) is 1.99. The van der Waals surface area contributed by atoms with Gasteiger partial charge in [0.25, 0.3) is 0 Å². The number of nitrogens with zero attached hydrogens (tertiary/aromatic N) is 1. The number of furan rings is 1. The molecule has 1 aromatic heterocycles. The quantitative estimate of drug-likeness (QED) is 0.899. The Hall–Kier alpha value is -1.99. The summed E-state index contributed by atoms with van der Waals surface area (Å²) in [6, 6.07) is 2.96. The molecule has 2 rings (SSSR count). The Morgan fingerprint density at radius 1 is 1.40 bits per heavy atom. The monoisotopic (exact) mass is 291 g/mol. The van der Waals surface area contributed by atoms with Gasteiger partial charge >= 0.3 is 12.1 Å². The van der Waals surface area contributed by atoms with Gasteiger partial charge in [0.15, 0.2) is 0 Å². The molecule has 1 amide bonds. The molecule has 1 heterocycles. The van der Waals surface area contributed by atoms with E-state index in [4.69, 9.17) is 9.52 Å². The van der Waals surface area contributed by atoms with Gasteiger partial charge in [-0.2, -0.15) is 13.2 Å². The number of carbonyl (C=O) groups excluding carboxylic acids is 1. The van der Waals surface area contributed by atoms with Crippen molar-refractivity contribution in [1.82, 2.24) is 4.90 Å². The van der Waals surface area contributed by atoms with E-state index in [0.717, 1.165) is 0 Å². The molecular weight excluding hydrogens is 279 g/mol. The van der Waals surface area contributed by atoms with Crippen LogP contribution in [0.1, 0.15) is 12.2 Å². The number of amides is 1. The van der Waals surface area contributed by atoms with Crippen molar-refractivity contribution < 1.29 is 32.3 Å². The van der Waals surface area contributed by atoms with E-state index in [1.807, 2.05) is 0 Å². The number of hydrogen-bond donors (Lipinski definition) is 1. The molecule has 20 heavy (non-hydrogen) atoms. The average Bonchev–Trinajstić information content (AvgIpc) is 2.97. The maximum Gasteiger partial charge on any atom is 0.406 e. The lowest BCUT2D eigenvalue weighted by Crippen LogP contribution is -2.39. The van der Waals surface area contributed by atoms with Gasteiger partial charge in [0.05, 0.1) is 24.6 Å². The summed E-state index contributed by atoms with van der Waals surface area (Å²) in [5.74, 6) is -3.49. The lowest BCUT2D eigenvalue weighted by molar-refractivity contribution is -0.164. The number of rotatable bonds is 5. The van der Waals surface area contributed by atoms with Crippen LogP contribution in [0.4, 0.5) is 13.2 Å². The highest BCUT2D eigenvalue weighted by Gasteiger charge is 2.51. The van der Waals surface area contributed by atoms with Crippen molar-refractivity contribution in [2.45, 2.75) is 19.1 Å². The molecular formula is C12H12F3NO4. The first-order valence-electron chi connectivity index (χ1n) is 5.88. The predicted octanol–water partition coefficient (Wildman–Crippen LogP) is 1.89. The topological polar surface area (TPSA) is 70.8 Å². The third-order valence-electron chi connectivity index (χ3n) is 3.03. The molecule has 8 heteroatoms. The molecule has 0 saturated heterocycles. The summed E-state index contributed by atoms with van der Waals surface area (Å²) < 4.78 is 42.4. The molecule has 0 spiro atoms. The van der Waals surface area contributed by atoms with Gasteiger partial charge in [-0.25, -0.2) is 0 Å². The van der Waals surface area contributed by atoms with Gasteiger partial charge in [0.2, 0.25) is 5.91 Å². The Morgan fingerprint density at radius 2 is 2.10 bits per heavy atom. The molecule has 0 radical (unpaired) electrons. The Kier molecular flexibility index (Phi) is 3.74. The van der Waals surface area contributed by atoms with E-state index >= 15 is 0 Å². The van der Waals surface area contributed by atoms with Crippen molar-refractivity contribution in [3.63, 3.8) is 0 Å². The molecule has 5 nitrogen and oxygen atoms in total. The number of hydrogen-bond acceptors (Lipinski definition) is 3. The molecule has 2 atom stereocenters. The third kappa shape index (κ3) is 3.52. The van der Waals surface area contributed by atoms with Crippen LogP contribution in [-0.2, 0) is 16.1 Å². The van der Waals surface area contributed by atoms with Crippen molar-refractivity contribution in [2.75, 3.05) is 6.54 Å². The average molecular weight is 291 g/mol. The van der Waals surface area contributed by atoms with Crippen LogP contribution in [-0.4, -0.2) is 34.6 Å². The molecule has 1 saturated carbocycles. The van der Waals surface area contributed by atoms with Crippen molar-refractivity contribution in [3.8, 4) is 0 Å². The van der Waals surface area contributed by atoms with Crippen LogP contribution in [0.15, 0.2) is 22.8 Å². The summed E-state index contributed by atoms with van der Waals surface area (Å²) in [5.41, 5.74) is 0. The highest BCUT2D eigenvalue weighted by Crippen LogP contribution is 2.40. The number of carboxylic acids is 1. The second-order valence-electron chi connectivity index (χ2n) is 4.68. The number of aliphatic carboxylic acids is 1. The minimum absolute atomic E-state index is 0.0840. The molecule has 0 bridgehead atoms. The smallest absolute Gasteiger partial charge is 0.406 e. The highest BCUT2D eigenvalue weighted by molar-refractivity contribution is 5.89. The number of carbonyl (C=O) groups is 2. The third-order valence-corrected chi connectivity index (χ3v) is 3.03. The molecule has 1 aliphatic rings. The Balaban J connectivity index is 2.06. The molecule has 1 aliphatic carbocycles. The summed E-state index contributed by atoms with van der Waals surface area (Å²) in [4.78, 5) is 23.2. The van der Waals surface area contributed by atoms with Gasteiger partial charge in [0, 0.05) is 0 Å². The number of alkyl halides is 3. The summed E-state index contributed by atoms with van der Waals surface area (Å²) in [6.45, 7) is -1.75. The van der Waals surface area contributed by atoms with Gasteiger partial charge in [0.1, 0.15) is 12.3 Å². The van der Waals surface area contributed by atoms with Gasteiger partial charge in [-0.3, -0.25) is 9.59 Å². The molecule has 1 aromatic rings. The maximum absolute atomic E-state index is 12.5. The molecule has 0 unspecified atom stereocenters. The fraction of sp³-hybridized carbons (Fsp3) is 0.500. The first-order chi connectivity index (χ1) is 9.28. The zero-order valence-electron chi connectivity index (χ0n) is 10.3. The van der Waals surface area contributed by atoms with Crippen LogP contribution in [0.2, 0.25) is 0 Å². The molecule has 110 valence electrons. The predicted molar refractivity (Wildman–Crippen MR) is 59.4 cm³/mol. The van der Waals surface area contributed by atoms with Crippen molar-refractivity contribution in [1.29, 1.82) is 0 Å². The Bertz CT molecular complexity index is 497. The molecule has 1 N–H and O–H groups in total. The van der Waals surface area contributed by atoms with Crippen molar-refractivity contribution in [2.24, 2.45) is 11.8 Å². The molecule has 0 aromatic carbocycles. The zero-order chi connectivity index (χ0) is 14.9. The molecule has 1 fully saturated rings. The Labute approximate surface area is 112 Å². The van der Waals surface area contributed by atoms with E-state index < -0.39 is 36.4 Å². The summed E-state index contributed by atoms with van der Waals surface area (Å²) >= 11 is 0. The summed E-state index contributed by atoms with van der Waals surface area (Å²) in [7, 11) is 0. The van der Waals surface area contributed by atoms with E-state index in [2.05, 4.69) is 0 Å². The van der Waals surface area contributed by atoms with Gasteiger partial charge in [-0.1, -0.05) is 0 Å². The van der Waals surface area contributed by atoms with E-state index in [9.17, 15) is 22.8 Å². The summed E-state index contributed by atoms with van der Waals surface area (Å²) in [6.07, 6.45) is -3.17. The van der Waals surface area contributed by atoms with Crippen LogP contribution < -0.4 is 0 Å². The van der Waals surface area contributed by atoms with Crippen molar-refractivity contribution >= 4 is 11.9 Å². The van der Waals surface area contributed by atoms with Gasteiger partial charge < -0.3 is 14.4 Å². The molecule has 0 aliphatic heterocycles. The lowest BCUT2D eigenvalue weighted by Gasteiger charge is -2.23. The van der Waals surface area contributed by atoms with Crippen LogP contribution in [0, 0.1) is 11.8 Å². The minimum Gasteiger partial charge on any atom is -0.481 e. The van der Waals surface area contributed by atoms with Crippen LogP contribution >= 0.6 is 0 Å². The van der Waals surface area contributed by atoms with Gasteiger partial charge in [-0.15, -0.1) is 0 Å². The van der Waals surface area contributed by atoms with Crippen LogP contribution in [0.25, 0.3) is 0 Å². The lowest BCUT2D eigenvalue weighted by atomic mass is 10.2. The largest absolute Gasteiger partial charge is 0.481 e. The Morgan fingerprint density at radius 3 is 2.55 bits per heavy atom. The van der Waals surface area contributed by atoms with E-state index in [-0.39, 0.29) is 18.7 Å². The van der Waals surface area contributed by atoms with Gasteiger partial charge in [-0.05, 0) is 18.6 Å². The highest BCUT2D eigenvalue weighted by atomic mass is 19.4.